The zero-order valence-corrected chi connectivity index (χ0v) is 13.8. The van der Waals surface area contributed by atoms with Crippen molar-refractivity contribution in [2.75, 3.05) is 7.11 Å². The number of hydrogen-bond acceptors (Lipinski definition) is 3. The van der Waals surface area contributed by atoms with Gasteiger partial charge in [-0.25, -0.2) is 4.79 Å². The minimum Gasteiger partial charge on any atom is -0.497 e. The molecule has 0 fully saturated rings. The number of carboxylic acids is 1. The number of benzene rings is 2. The molecule has 2 aromatic carbocycles. The van der Waals surface area contributed by atoms with Gasteiger partial charge in [0, 0.05) is 0 Å². The van der Waals surface area contributed by atoms with Gasteiger partial charge in [0.1, 0.15) is 5.75 Å². The van der Waals surface area contributed by atoms with Gasteiger partial charge in [-0.1, -0.05) is 49.1 Å². The van der Waals surface area contributed by atoms with Crippen LogP contribution in [0.25, 0.3) is 6.08 Å². The van der Waals surface area contributed by atoms with E-state index in [-0.39, 0.29) is 0 Å². The average molecular weight is 326 g/mol. The lowest BCUT2D eigenvalue weighted by Crippen LogP contribution is -1.99. The molecule has 1 unspecified atom stereocenters. The SMILES string of the molecule is C=C(C=Cc1ccc(OC)cc1)C(C)O.O=C(O)c1ccccc1. The van der Waals surface area contributed by atoms with Gasteiger partial charge in [-0.05, 0) is 42.3 Å². The van der Waals surface area contributed by atoms with Crippen LogP contribution in [0, 0.1) is 0 Å². The van der Waals surface area contributed by atoms with E-state index in [2.05, 4.69) is 6.58 Å². The zero-order chi connectivity index (χ0) is 17.9. The Hall–Kier alpha value is -2.85. The van der Waals surface area contributed by atoms with Crippen molar-refractivity contribution in [1.82, 2.24) is 0 Å². The molecule has 0 saturated heterocycles. The van der Waals surface area contributed by atoms with E-state index in [0.717, 1.165) is 11.3 Å². The Kier molecular flexibility index (Phi) is 8.02. The first kappa shape index (κ1) is 19.2. The lowest BCUT2D eigenvalue weighted by molar-refractivity contribution is 0.0697. The Morgan fingerprint density at radius 1 is 1.12 bits per heavy atom. The Morgan fingerprint density at radius 3 is 2.12 bits per heavy atom. The topological polar surface area (TPSA) is 66.8 Å². The van der Waals surface area contributed by atoms with Crippen LogP contribution < -0.4 is 4.74 Å². The van der Waals surface area contributed by atoms with Crippen LogP contribution in [-0.4, -0.2) is 29.4 Å². The molecule has 0 aromatic heterocycles. The normalized spacial score (nSPS) is 11.3. The highest BCUT2D eigenvalue weighted by Gasteiger charge is 1.97. The molecule has 2 aromatic rings. The Balaban J connectivity index is 0.000000272. The molecular formula is C20H22O4. The van der Waals surface area contributed by atoms with Gasteiger partial charge in [0.05, 0.1) is 18.8 Å². The molecule has 0 aliphatic carbocycles. The van der Waals surface area contributed by atoms with Crippen LogP contribution in [0.1, 0.15) is 22.8 Å². The lowest BCUT2D eigenvalue weighted by Gasteiger charge is -2.02. The average Bonchev–Trinajstić information content (AvgIpc) is 2.61. The van der Waals surface area contributed by atoms with Crippen molar-refractivity contribution in [1.29, 1.82) is 0 Å². The summed E-state index contributed by atoms with van der Waals surface area (Å²) in [5, 5.41) is 17.6. The molecule has 0 heterocycles. The van der Waals surface area contributed by atoms with E-state index in [1.54, 1.807) is 44.4 Å². The van der Waals surface area contributed by atoms with Crippen molar-refractivity contribution in [3.8, 4) is 5.75 Å². The second-order valence-electron chi connectivity index (χ2n) is 5.03. The summed E-state index contributed by atoms with van der Waals surface area (Å²) < 4.78 is 5.05. The maximum Gasteiger partial charge on any atom is 0.335 e. The fourth-order valence-electron chi connectivity index (χ4n) is 1.64. The van der Waals surface area contributed by atoms with Crippen molar-refractivity contribution >= 4 is 12.0 Å². The highest BCUT2D eigenvalue weighted by molar-refractivity contribution is 5.87. The summed E-state index contributed by atoms with van der Waals surface area (Å²) in [6.07, 6.45) is 3.22. The summed E-state index contributed by atoms with van der Waals surface area (Å²) in [5.41, 5.74) is 2.08. The Labute approximate surface area is 142 Å². The van der Waals surface area contributed by atoms with E-state index >= 15 is 0 Å². The maximum atomic E-state index is 10.2. The van der Waals surface area contributed by atoms with Gasteiger partial charge in [0.2, 0.25) is 0 Å². The van der Waals surface area contributed by atoms with Gasteiger partial charge in [-0.3, -0.25) is 0 Å². The van der Waals surface area contributed by atoms with Crippen LogP contribution >= 0.6 is 0 Å². The quantitative estimate of drug-likeness (QED) is 0.814. The summed E-state index contributed by atoms with van der Waals surface area (Å²) in [6.45, 7) is 5.44. The molecule has 126 valence electrons. The number of aliphatic hydroxyl groups is 1. The largest absolute Gasteiger partial charge is 0.497 e. The Morgan fingerprint density at radius 2 is 1.71 bits per heavy atom. The van der Waals surface area contributed by atoms with Gasteiger partial charge in [0.25, 0.3) is 0 Å². The highest BCUT2D eigenvalue weighted by Crippen LogP contribution is 2.13. The molecule has 0 spiro atoms. The molecule has 2 rings (SSSR count). The number of rotatable bonds is 5. The van der Waals surface area contributed by atoms with Crippen LogP contribution in [0.5, 0.6) is 5.75 Å². The summed E-state index contributed by atoms with van der Waals surface area (Å²) in [5.74, 6) is -0.0443. The molecule has 1 atom stereocenters. The lowest BCUT2D eigenvalue weighted by atomic mass is 10.1. The molecule has 2 N–H and O–H groups in total. The molecule has 24 heavy (non-hydrogen) atoms. The molecule has 0 saturated carbocycles. The van der Waals surface area contributed by atoms with Crippen LogP contribution in [-0.2, 0) is 0 Å². The fraction of sp³-hybridized carbons (Fsp3) is 0.150. The summed E-state index contributed by atoms with van der Waals surface area (Å²) in [7, 11) is 1.64. The van der Waals surface area contributed by atoms with E-state index in [4.69, 9.17) is 9.84 Å². The molecule has 4 nitrogen and oxygen atoms in total. The van der Waals surface area contributed by atoms with Gasteiger partial charge in [-0.15, -0.1) is 0 Å². The van der Waals surface area contributed by atoms with Crippen molar-refractivity contribution in [2.45, 2.75) is 13.0 Å². The fourth-order valence-corrected chi connectivity index (χ4v) is 1.64. The third-order valence-corrected chi connectivity index (χ3v) is 3.16. The van der Waals surface area contributed by atoms with E-state index in [1.165, 1.54) is 0 Å². The summed E-state index contributed by atoms with van der Waals surface area (Å²) in [4.78, 5) is 10.2. The number of hydrogen-bond donors (Lipinski definition) is 2. The van der Waals surface area contributed by atoms with Crippen LogP contribution in [0.3, 0.4) is 0 Å². The van der Waals surface area contributed by atoms with Crippen molar-refractivity contribution in [2.24, 2.45) is 0 Å². The zero-order valence-electron chi connectivity index (χ0n) is 13.8. The molecule has 0 aliphatic heterocycles. The number of carboxylic acid groups (broad SMARTS) is 1. The maximum absolute atomic E-state index is 10.2. The monoisotopic (exact) mass is 326 g/mol. The minimum atomic E-state index is -0.879. The number of ether oxygens (including phenoxy) is 1. The van der Waals surface area contributed by atoms with Crippen molar-refractivity contribution < 1.29 is 19.7 Å². The standard InChI is InChI=1S/C13H16O2.C7H6O2/c1-10(11(2)14)4-5-12-6-8-13(15-3)9-7-12;8-7(9)6-4-2-1-3-5-6/h4-9,11,14H,1H2,2-3H3;1-5H,(H,8,9). The van der Waals surface area contributed by atoms with E-state index in [1.807, 2.05) is 36.4 Å². The predicted octanol–water partition coefficient (Wildman–Crippen LogP) is 4.03. The minimum absolute atomic E-state index is 0.331. The van der Waals surface area contributed by atoms with Crippen LogP contribution in [0.2, 0.25) is 0 Å². The van der Waals surface area contributed by atoms with Crippen molar-refractivity contribution in [3.63, 3.8) is 0 Å². The number of aliphatic hydroxyl groups excluding tert-OH is 1. The first-order valence-electron chi connectivity index (χ1n) is 7.41. The molecule has 0 aliphatic rings. The number of methoxy groups -OCH3 is 1. The smallest absolute Gasteiger partial charge is 0.335 e. The van der Waals surface area contributed by atoms with E-state index in [0.29, 0.717) is 11.1 Å². The molecule has 0 radical (unpaired) electrons. The van der Waals surface area contributed by atoms with Gasteiger partial charge in [-0.2, -0.15) is 0 Å². The highest BCUT2D eigenvalue weighted by atomic mass is 16.5. The van der Waals surface area contributed by atoms with Gasteiger partial charge < -0.3 is 14.9 Å². The van der Waals surface area contributed by atoms with E-state index in [9.17, 15) is 9.90 Å². The molecule has 0 bridgehead atoms. The second kappa shape index (κ2) is 10.0. The third kappa shape index (κ3) is 6.94. The third-order valence-electron chi connectivity index (χ3n) is 3.16. The first-order chi connectivity index (χ1) is 11.4. The van der Waals surface area contributed by atoms with Crippen LogP contribution in [0.4, 0.5) is 0 Å². The first-order valence-corrected chi connectivity index (χ1v) is 7.41. The second-order valence-corrected chi connectivity index (χ2v) is 5.03. The molecule has 0 amide bonds. The Bertz CT molecular complexity index is 671. The van der Waals surface area contributed by atoms with Crippen LogP contribution in [0.15, 0.2) is 72.8 Å². The summed E-state index contributed by atoms with van der Waals surface area (Å²) >= 11 is 0. The summed E-state index contributed by atoms with van der Waals surface area (Å²) in [6, 6.07) is 16.0. The van der Waals surface area contributed by atoms with Gasteiger partial charge >= 0.3 is 5.97 Å². The number of carbonyl (C=O) groups is 1. The van der Waals surface area contributed by atoms with Gasteiger partial charge in [0.15, 0.2) is 0 Å². The predicted molar refractivity (Wildman–Crippen MR) is 96.3 cm³/mol. The molecule has 4 heteroatoms. The number of aromatic carboxylic acids is 1. The van der Waals surface area contributed by atoms with E-state index < -0.39 is 12.1 Å². The van der Waals surface area contributed by atoms with Crippen molar-refractivity contribution in [3.05, 3.63) is 84.0 Å². The molecular weight excluding hydrogens is 304 g/mol.